The second-order valence-electron chi connectivity index (χ2n) is 5.13. The molecule has 0 saturated carbocycles. The van der Waals surface area contributed by atoms with Crippen molar-refractivity contribution >= 4 is 34.8 Å². The summed E-state index contributed by atoms with van der Waals surface area (Å²) < 4.78 is 0. The Morgan fingerprint density at radius 1 is 1.05 bits per heavy atom. The molecule has 1 N–H and O–H groups in total. The molecule has 1 aromatic heterocycles. The summed E-state index contributed by atoms with van der Waals surface area (Å²) in [6, 6.07) is 10.4. The van der Waals surface area contributed by atoms with Gasteiger partial charge in [-0.15, -0.1) is 0 Å². The van der Waals surface area contributed by atoms with Crippen molar-refractivity contribution in [2.24, 2.45) is 0 Å². The molecule has 3 nitrogen and oxygen atoms in total. The number of benzene rings is 1. The Morgan fingerprint density at radius 3 is 2.24 bits per heavy atom. The monoisotopic (exact) mass is 321 g/mol. The molecule has 1 aliphatic rings. The molecule has 2 heterocycles. The van der Waals surface area contributed by atoms with E-state index in [1.807, 2.05) is 7.05 Å². The summed E-state index contributed by atoms with van der Waals surface area (Å²) in [5.74, 6) is 1.47. The molecule has 0 saturated heterocycles. The molecular formula is C16H17Cl2N3. The van der Waals surface area contributed by atoms with Gasteiger partial charge in [0.05, 0.1) is 10.0 Å². The van der Waals surface area contributed by atoms with Crippen LogP contribution < -0.4 is 10.2 Å². The average molecular weight is 322 g/mol. The largest absolute Gasteiger partial charge is 0.372 e. The number of rotatable bonds is 2. The van der Waals surface area contributed by atoms with Crippen molar-refractivity contribution in [3.05, 3.63) is 51.5 Å². The van der Waals surface area contributed by atoms with E-state index in [2.05, 4.69) is 39.5 Å². The van der Waals surface area contributed by atoms with Crippen molar-refractivity contribution in [3.8, 4) is 0 Å². The molecule has 0 fully saturated rings. The SMILES string of the molecule is CNc1nc(N2CCc3ccccc3CC2)c(Cl)cc1Cl. The molecule has 0 atom stereocenters. The number of nitrogens with one attached hydrogen (secondary N) is 1. The molecule has 0 bridgehead atoms. The molecule has 110 valence electrons. The Kier molecular flexibility index (Phi) is 4.22. The van der Waals surface area contributed by atoms with Gasteiger partial charge >= 0.3 is 0 Å². The first-order valence-corrected chi connectivity index (χ1v) is 7.80. The van der Waals surface area contributed by atoms with Crippen LogP contribution in [0.15, 0.2) is 30.3 Å². The highest BCUT2D eigenvalue weighted by Gasteiger charge is 2.18. The van der Waals surface area contributed by atoms with Crippen LogP contribution >= 0.6 is 23.2 Å². The van der Waals surface area contributed by atoms with Gasteiger partial charge in [0.15, 0.2) is 0 Å². The van der Waals surface area contributed by atoms with E-state index in [4.69, 9.17) is 23.2 Å². The van der Waals surface area contributed by atoms with Gasteiger partial charge in [0.25, 0.3) is 0 Å². The van der Waals surface area contributed by atoms with Crippen LogP contribution in [0.2, 0.25) is 10.0 Å². The van der Waals surface area contributed by atoms with Crippen molar-refractivity contribution < 1.29 is 0 Å². The quantitative estimate of drug-likeness (QED) is 0.905. The van der Waals surface area contributed by atoms with Crippen molar-refractivity contribution in [2.75, 3.05) is 30.4 Å². The Bertz CT molecular complexity index is 631. The van der Waals surface area contributed by atoms with Gasteiger partial charge in [0.1, 0.15) is 11.6 Å². The van der Waals surface area contributed by atoms with Crippen LogP contribution in [0.25, 0.3) is 0 Å². The Labute approximate surface area is 134 Å². The van der Waals surface area contributed by atoms with E-state index in [9.17, 15) is 0 Å². The third kappa shape index (κ3) is 2.94. The third-order valence-corrected chi connectivity index (χ3v) is 4.43. The van der Waals surface area contributed by atoms with Crippen LogP contribution in [0.5, 0.6) is 0 Å². The number of hydrogen-bond donors (Lipinski definition) is 1. The lowest BCUT2D eigenvalue weighted by atomic mass is 10.0. The molecule has 2 aromatic rings. The fourth-order valence-corrected chi connectivity index (χ4v) is 3.31. The minimum Gasteiger partial charge on any atom is -0.372 e. The van der Waals surface area contributed by atoms with E-state index >= 15 is 0 Å². The predicted molar refractivity (Wildman–Crippen MR) is 89.9 cm³/mol. The topological polar surface area (TPSA) is 28.2 Å². The molecule has 5 heteroatoms. The zero-order valence-corrected chi connectivity index (χ0v) is 13.4. The molecule has 0 radical (unpaired) electrons. The molecule has 0 amide bonds. The number of aromatic nitrogens is 1. The number of fused-ring (bicyclic) bond motifs is 1. The van der Waals surface area contributed by atoms with Gasteiger partial charge in [-0.25, -0.2) is 4.98 Å². The Morgan fingerprint density at radius 2 is 1.67 bits per heavy atom. The number of anilines is 2. The van der Waals surface area contributed by atoms with Gasteiger partial charge in [-0.2, -0.15) is 0 Å². The van der Waals surface area contributed by atoms with Crippen molar-refractivity contribution in [1.29, 1.82) is 0 Å². The van der Waals surface area contributed by atoms with Crippen LogP contribution in [0.1, 0.15) is 11.1 Å². The lowest BCUT2D eigenvalue weighted by Gasteiger charge is -2.23. The van der Waals surface area contributed by atoms with E-state index in [-0.39, 0.29) is 0 Å². The van der Waals surface area contributed by atoms with Gasteiger partial charge < -0.3 is 10.2 Å². The Hall–Kier alpha value is -1.45. The molecule has 0 spiro atoms. The summed E-state index contributed by atoms with van der Waals surface area (Å²) in [7, 11) is 1.81. The smallest absolute Gasteiger partial charge is 0.149 e. The fraction of sp³-hybridized carbons (Fsp3) is 0.312. The molecule has 3 rings (SSSR count). The molecule has 0 unspecified atom stereocenters. The first kappa shape index (κ1) is 14.5. The maximum Gasteiger partial charge on any atom is 0.149 e. The van der Waals surface area contributed by atoms with Gasteiger partial charge in [0, 0.05) is 20.1 Å². The maximum atomic E-state index is 6.34. The summed E-state index contributed by atoms with van der Waals surface area (Å²) >= 11 is 12.5. The van der Waals surface area contributed by atoms with Crippen LogP contribution in [-0.4, -0.2) is 25.1 Å². The van der Waals surface area contributed by atoms with Crippen molar-refractivity contribution in [3.63, 3.8) is 0 Å². The summed E-state index contributed by atoms with van der Waals surface area (Å²) in [6.07, 6.45) is 2.01. The van der Waals surface area contributed by atoms with Crippen molar-refractivity contribution in [2.45, 2.75) is 12.8 Å². The normalized spacial score (nSPS) is 14.5. The number of nitrogens with zero attached hydrogens (tertiary/aromatic N) is 2. The minimum atomic E-state index is 0.546. The van der Waals surface area contributed by atoms with E-state index in [1.54, 1.807) is 6.07 Å². The molecule has 1 aromatic carbocycles. The maximum absolute atomic E-state index is 6.34. The second kappa shape index (κ2) is 6.12. The lowest BCUT2D eigenvalue weighted by molar-refractivity contribution is 0.791. The third-order valence-electron chi connectivity index (χ3n) is 3.87. The summed E-state index contributed by atoms with van der Waals surface area (Å²) in [5, 5.41) is 4.15. The highest BCUT2D eigenvalue weighted by atomic mass is 35.5. The second-order valence-corrected chi connectivity index (χ2v) is 5.94. The zero-order valence-electron chi connectivity index (χ0n) is 11.9. The average Bonchev–Trinajstić information content (AvgIpc) is 2.70. The van der Waals surface area contributed by atoms with E-state index in [1.165, 1.54) is 11.1 Å². The molecule has 0 aliphatic carbocycles. The van der Waals surface area contributed by atoms with E-state index in [0.717, 1.165) is 31.7 Å². The van der Waals surface area contributed by atoms with Crippen LogP contribution in [-0.2, 0) is 12.8 Å². The van der Waals surface area contributed by atoms with Crippen LogP contribution in [0.3, 0.4) is 0 Å². The summed E-state index contributed by atoms with van der Waals surface area (Å²) in [6.45, 7) is 1.82. The van der Waals surface area contributed by atoms with E-state index in [0.29, 0.717) is 15.9 Å². The van der Waals surface area contributed by atoms with Gasteiger partial charge in [-0.1, -0.05) is 47.5 Å². The number of hydrogen-bond acceptors (Lipinski definition) is 3. The Balaban J connectivity index is 1.89. The highest BCUT2D eigenvalue weighted by Crippen LogP contribution is 2.32. The van der Waals surface area contributed by atoms with Crippen LogP contribution in [0.4, 0.5) is 11.6 Å². The van der Waals surface area contributed by atoms with Crippen molar-refractivity contribution in [1.82, 2.24) is 4.98 Å². The lowest BCUT2D eigenvalue weighted by Crippen LogP contribution is -2.27. The predicted octanol–water partition coefficient (Wildman–Crippen LogP) is 4.04. The minimum absolute atomic E-state index is 0.546. The van der Waals surface area contributed by atoms with E-state index < -0.39 is 0 Å². The molecule has 21 heavy (non-hydrogen) atoms. The first-order chi connectivity index (χ1) is 10.2. The number of pyridine rings is 1. The van der Waals surface area contributed by atoms with Gasteiger partial charge in [-0.05, 0) is 30.0 Å². The first-order valence-electron chi connectivity index (χ1n) is 7.04. The zero-order chi connectivity index (χ0) is 14.8. The molecule has 1 aliphatic heterocycles. The van der Waals surface area contributed by atoms with Gasteiger partial charge in [-0.3, -0.25) is 0 Å². The molecular weight excluding hydrogens is 305 g/mol. The fourth-order valence-electron chi connectivity index (χ4n) is 2.73. The standard InChI is InChI=1S/C16H17Cl2N3/c1-19-15-13(17)10-14(18)16(20-15)21-8-6-11-4-2-3-5-12(11)7-9-21/h2-5,10H,6-9H2,1H3,(H,19,20). The van der Waals surface area contributed by atoms with Crippen LogP contribution in [0, 0.1) is 0 Å². The van der Waals surface area contributed by atoms with Gasteiger partial charge in [0.2, 0.25) is 0 Å². The summed E-state index contributed by atoms with van der Waals surface area (Å²) in [4.78, 5) is 6.80. The highest BCUT2D eigenvalue weighted by molar-refractivity contribution is 6.37. The number of halogens is 2. The summed E-state index contributed by atoms with van der Waals surface area (Å²) in [5.41, 5.74) is 2.83.